The van der Waals surface area contributed by atoms with Crippen LogP contribution in [0.15, 0.2) is 60.7 Å². The van der Waals surface area contributed by atoms with Gasteiger partial charge >= 0.3 is 0 Å². The molecule has 0 radical (unpaired) electrons. The minimum atomic E-state index is -1.52. The first-order valence-corrected chi connectivity index (χ1v) is 10.0. The average Bonchev–Trinajstić information content (AvgIpc) is 2.76. The molecule has 0 spiro atoms. The molecule has 0 saturated carbocycles. The summed E-state index contributed by atoms with van der Waals surface area (Å²) in [4.78, 5) is 0. The molecule has 0 bridgehead atoms. The van der Waals surface area contributed by atoms with Crippen LogP contribution in [-0.2, 0) is 19.3 Å². The fourth-order valence-electron chi connectivity index (χ4n) is 3.74. The smallest absolute Gasteiger partial charge is 0.194 e. The quantitative estimate of drug-likeness (QED) is 0.228. The summed E-state index contributed by atoms with van der Waals surface area (Å²) >= 11 is 0. The van der Waals surface area contributed by atoms with Crippen molar-refractivity contribution < 1.29 is 22.0 Å². The number of aryl methyl sites for hydroxylation is 3. The Morgan fingerprint density at radius 1 is 0.613 bits per heavy atom. The lowest BCUT2D eigenvalue weighted by atomic mass is 9.96. The highest BCUT2D eigenvalue weighted by Crippen LogP contribution is 2.30. The third-order valence-electron chi connectivity index (χ3n) is 5.51. The van der Waals surface area contributed by atoms with Crippen LogP contribution in [0.4, 0.5) is 22.0 Å². The van der Waals surface area contributed by atoms with E-state index >= 15 is 4.39 Å². The SMILES string of the molecule is CCc1ccc(-c2ccc3c(F)c(CCc4cc(F)c(F)c(F)c4)ccc3c2)c(F)c1. The van der Waals surface area contributed by atoms with Gasteiger partial charge in [-0.2, -0.15) is 0 Å². The van der Waals surface area contributed by atoms with Gasteiger partial charge in [0.2, 0.25) is 0 Å². The van der Waals surface area contributed by atoms with Crippen LogP contribution in [0.5, 0.6) is 0 Å². The van der Waals surface area contributed by atoms with Crippen LogP contribution in [0.3, 0.4) is 0 Å². The van der Waals surface area contributed by atoms with E-state index in [-0.39, 0.29) is 24.2 Å². The molecule has 4 rings (SSSR count). The number of halogens is 5. The van der Waals surface area contributed by atoms with Gasteiger partial charge in [-0.1, -0.05) is 43.3 Å². The van der Waals surface area contributed by atoms with Crippen molar-refractivity contribution in [2.45, 2.75) is 26.2 Å². The highest BCUT2D eigenvalue weighted by atomic mass is 19.2. The summed E-state index contributed by atoms with van der Waals surface area (Å²) in [6.45, 7) is 1.95. The Bertz CT molecular complexity index is 1250. The van der Waals surface area contributed by atoms with Gasteiger partial charge in [-0.05, 0) is 71.2 Å². The summed E-state index contributed by atoms with van der Waals surface area (Å²) in [5.74, 6) is -4.80. The zero-order valence-electron chi connectivity index (χ0n) is 16.8. The van der Waals surface area contributed by atoms with Crippen molar-refractivity contribution in [1.29, 1.82) is 0 Å². The molecule has 5 heteroatoms. The van der Waals surface area contributed by atoms with Gasteiger partial charge in [-0.25, -0.2) is 22.0 Å². The maximum Gasteiger partial charge on any atom is 0.194 e. The molecule has 0 nitrogen and oxygen atoms in total. The number of hydrogen-bond donors (Lipinski definition) is 0. The highest BCUT2D eigenvalue weighted by molar-refractivity contribution is 5.88. The van der Waals surface area contributed by atoms with Crippen molar-refractivity contribution in [3.63, 3.8) is 0 Å². The topological polar surface area (TPSA) is 0 Å². The molecule has 0 aliphatic rings. The Labute approximate surface area is 177 Å². The number of rotatable bonds is 5. The molecule has 0 amide bonds. The van der Waals surface area contributed by atoms with Gasteiger partial charge < -0.3 is 0 Å². The van der Waals surface area contributed by atoms with E-state index in [1.807, 2.05) is 13.0 Å². The van der Waals surface area contributed by atoms with Crippen LogP contribution in [0.1, 0.15) is 23.6 Å². The van der Waals surface area contributed by atoms with E-state index in [1.165, 1.54) is 6.07 Å². The summed E-state index contributed by atoms with van der Waals surface area (Å²) in [6.07, 6.45) is 1.09. The predicted molar refractivity (Wildman–Crippen MR) is 112 cm³/mol. The number of fused-ring (bicyclic) bond motifs is 1. The molecule has 31 heavy (non-hydrogen) atoms. The molecular formula is C26H19F5. The van der Waals surface area contributed by atoms with Crippen molar-refractivity contribution in [1.82, 2.24) is 0 Å². The summed E-state index contributed by atoms with van der Waals surface area (Å²) < 4.78 is 69.4. The van der Waals surface area contributed by atoms with Gasteiger partial charge in [0.15, 0.2) is 17.5 Å². The largest absolute Gasteiger partial charge is 0.206 e. The van der Waals surface area contributed by atoms with Crippen LogP contribution >= 0.6 is 0 Å². The van der Waals surface area contributed by atoms with E-state index in [1.54, 1.807) is 36.4 Å². The zero-order valence-corrected chi connectivity index (χ0v) is 16.8. The fraction of sp³-hybridized carbons (Fsp3) is 0.154. The average molecular weight is 426 g/mol. The first-order valence-electron chi connectivity index (χ1n) is 10.0. The molecule has 4 aromatic rings. The molecule has 0 aliphatic heterocycles. The first-order chi connectivity index (χ1) is 14.9. The van der Waals surface area contributed by atoms with Gasteiger partial charge in [0.05, 0.1) is 0 Å². The summed E-state index contributed by atoms with van der Waals surface area (Å²) in [5, 5.41) is 1.000. The maximum absolute atomic E-state index is 15.0. The first kappa shape index (κ1) is 21.0. The second-order valence-electron chi connectivity index (χ2n) is 7.52. The van der Waals surface area contributed by atoms with Crippen LogP contribution < -0.4 is 0 Å². The zero-order chi connectivity index (χ0) is 22.1. The monoisotopic (exact) mass is 426 g/mol. The van der Waals surface area contributed by atoms with E-state index < -0.39 is 23.3 Å². The lowest BCUT2D eigenvalue weighted by Crippen LogP contribution is -1.99. The lowest BCUT2D eigenvalue weighted by molar-refractivity contribution is 0.445. The van der Waals surface area contributed by atoms with Crippen molar-refractivity contribution in [3.05, 3.63) is 106 Å². The Balaban J connectivity index is 1.62. The van der Waals surface area contributed by atoms with Gasteiger partial charge in [-0.15, -0.1) is 0 Å². The van der Waals surface area contributed by atoms with E-state index in [0.717, 1.165) is 24.1 Å². The predicted octanol–water partition coefficient (Wildman–Crippen LogP) is 7.55. The molecule has 4 aromatic carbocycles. The molecule has 0 atom stereocenters. The lowest BCUT2D eigenvalue weighted by Gasteiger charge is -2.10. The summed E-state index contributed by atoms with van der Waals surface area (Å²) in [5.41, 5.74) is 2.63. The molecule has 0 N–H and O–H groups in total. The van der Waals surface area contributed by atoms with Crippen molar-refractivity contribution in [2.75, 3.05) is 0 Å². The van der Waals surface area contributed by atoms with Gasteiger partial charge in [0.1, 0.15) is 11.6 Å². The van der Waals surface area contributed by atoms with Crippen LogP contribution in [0.2, 0.25) is 0 Å². The Hall–Kier alpha value is -3.21. The van der Waals surface area contributed by atoms with E-state index in [2.05, 4.69) is 0 Å². The normalized spacial score (nSPS) is 11.3. The van der Waals surface area contributed by atoms with Crippen LogP contribution in [0, 0.1) is 29.1 Å². The fourth-order valence-corrected chi connectivity index (χ4v) is 3.74. The molecule has 0 fully saturated rings. The van der Waals surface area contributed by atoms with Crippen molar-refractivity contribution in [3.8, 4) is 11.1 Å². The summed E-state index contributed by atoms with van der Waals surface area (Å²) in [6, 6.07) is 15.3. The standard InChI is InChI=1S/C26H19F5/c1-2-15-4-9-20(22(27)11-15)18-8-10-21-19(14-18)7-6-17(25(21)30)5-3-16-12-23(28)26(31)24(29)13-16/h4,6-14H,2-3,5H2,1H3. The highest BCUT2D eigenvalue weighted by Gasteiger charge is 2.13. The van der Waals surface area contributed by atoms with E-state index in [0.29, 0.717) is 27.5 Å². The third kappa shape index (κ3) is 4.18. The van der Waals surface area contributed by atoms with E-state index in [9.17, 15) is 17.6 Å². The molecular weight excluding hydrogens is 407 g/mol. The summed E-state index contributed by atoms with van der Waals surface area (Å²) in [7, 11) is 0. The number of benzene rings is 4. The second-order valence-corrected chi connectivity index (χ2v) is 7.52. The maximum atomic E-state index is 15.0. The van der Waals surface area contributed by atoms with Crippen LogP contribution in [-0.4, -0.2) is 0 Å². The Kier molecular flexibility index (Phi) is 5.77. The molecule has 0 heterocycles. The third-order valence-corrected chi connectivity index (χ3v) is 5.51. The molecule has 158 valence electrons. The van der Waals surface area contributed by atoms with Crippen LogP contribution in [0.25, 0.3) is 21.9 Å². The Morgan fingerprint density at radius 2 is 1.32 bits per heavy atom. The van der Waals surface area contributed by atoms with Crippen molar-refractivity contribution >= 4 is 10.8 Å². The van der Waals surface area contributed by atoms with Gasteiger partial charge in [0.25, 0.3) is 0 Å². The molecule has 0 unspecified atom stereocenters. The minimum Gasteiger partial charge on any atom is -0.206 e. The molecule has 0 saturated heterocycles. The van der Waals surface area contributed by atoms with Gasteiger partial charge in [-0.3, -0.25) is 0 Å². The number of hydrogen-bond acceptors (Lipinski definition) is 0. The van der Waals surface area contributed by atoms with Crippen molar-refractivity contribution in [2.24, 2.45) is 0 Å². The second kappa shape index (κ2) is 8.50. The molecule has 0 aromatic heterocycles. The van der Waals surface area contributed by atoms with E-state index in [4.69, 9.17) is 0 Å². The minimum absolute atomic E-state index is 0.156. The Morgan fingerprint density at radius 3 is 2.00 bits per heavy atom. The van der Waals surface area contributed by atoms with Gasteiger partial charge in [0, 0.05) is 10.9 Å². The molecule has 0 aliphatic carbocycles.